The highest BCUT2D eigenvalue weighted by atomic mass is 32.2. The molecule has 0 unspecified atom stereocenters. The van der Waals surface area contributed by atoms with Crippen LogP contribution in [-0.4, -0.2) is 57.2 Å². The summed E-state index contributed by atoms with van der Waals surface area (Å²) in [5.41, 5.74) is 0.999. The summed E-state index contributed by atoms with van der Waals surface area (Å²) in [7, 11) is 0.849. The molecule has 2 atom stereocenters. The van der Waals surface area contributed by atoms with E-state index in [9.17, 15) is 8.42 Å². The molecule has 0 radical (unpaired) electrons. The Kier molecular flexibility index (Phi) is 3.82. The maximum absolute atomic E-state index is 11.7. The predicted octanol–water partition coefficient (Wildman–Crippen LogP) is 0.833. The average Bonchev–Trinajstić information content (AvgIpc) is 2.64. The number of hydrogen-bond acceptors (Lipinski definition) is 4. The Morgan fingerprint density at radius 3 is 2.50 bits per heavy atom. The molecule has 1 aromatic rings. The van der Waals surface area contributed by atoms with E-state index in [1.165, 1.54) is 0 Å². The molecule has 2 rings (SSSR count). The Morgan fingerprint density at radius 2 is 1.89 bits per heavy atom. The molecule has 0 saturated carbocycles. The van der Waals surface area contributed by atoms with Gasteiger partial charge in [0.25, 0.3) is 0 Å². The van der Waals surface area contributed by atoms with Gasteiger partial charge in [0.2, 0.25) is 0 Å². The van der Waals surface area contributed by atoms with Crippen LogP contribution in [0.2, 0.25) is 0 Å². The van der Waals surface area contributed by atoms with E-state index in [-0.39, 0.29) is 23.6 Å². The van der Waals surface area contributed by atoms with Crippen molar-refractivity contribution in [3.63, 3.8) is 0 Å². The van der Waals surface area contributed by atoms with Gasteiger partial charge >= 0.3 is 0 Å². The predicted molar refractivity (Wildman–Crippen MR) is 74.0 cm³/mol. The van der Waals surface area contributed by atoms with Gasteiger partial charge in [-0.3, -0.25) is 4.99 Å². The lowest BCUT2D eigenvalue weighted by Gasteiger charge is -2.21. The summed E-state index contributed by atoms with van der Waals surface area (Å²) in [6.07, 6.45) is 1.77. The maximum atomic E-state index is 11.7. The summed E-state index contributed by atoms with van der Waals surface area (Å²) in [5.74, 6) is 0.357. The van der Waals surface area contributed by atoms with Gasteiger partial charge in [0.15, 0.2) is 9.84 Å². The molecule has 1 fully saturated rings. The quantitative estimate of drug-likeness (QED) is 0.762. The summed E-state index contributed by atoms with van der Waals surface area (Å²) in [6.45, 7) is 0. The molecule has 0 aromatic heterocycles. The first-order valence-electron chi connectivity index (χ1n) is 5.93. The van der Waals surface area contributed by atoms with Crippen LogP contribution in [-0.2, 0) is 9.84 Å². The highest BCUT2D eigenvalue weighted by Crippen LogP contribution is 2.19. The molecular formula is C13H18N2O2S. The fraction of sp³-hybridized carbons (Fsp3) is 0.462. The SMILES string of the molecule is CN(C)[C@@H]1CS(=O)(=O)C[C@@H]1N=Cc1ccccc1. The van der Waals surface area contributed by atoms with Crippen molar-refractivity contribution in [3.05, 3.63) is 35.9 Å². The molecule has 1 aliphatic heterocycles. The van der Waals surface area contributed by atoms with Crippen molar-refractivity contribution in [2.75, 3.05) is 25.6 Å². The Bertz CT molecular complexity index is 523. The van der Waals surface area contributed by atoms with Gasteiger partial charge in [-0.25, -0.2) is 8.42 Å². The van der Waals surface area contributed by atoms with Gasteiger partial charge in [-0.1, -0.05) is 30.3 Å². The van der Waals surface area contributed by atoms with E-state index in [1.54, 1.807) is 6.21 Å². The lowest BCUT2D eigenvalue weighted by Crippen LogP contribution is -2.37. The number of aliphatic imine (C=N–C) groups is 1. The number of likely N-dealkylation sites (N-methyl/N-ethyl adjacent to an activating group) is 1. The number of rotatable bonds is 3. The lowest BCUT2D eigenvalue weighted by atomic mass is 10.1. The highest BCUT2D eigenvalue weighted by molar-refractivity contribution is 7.91. The number of nitrogens with zero attached hydrogens (tertiary/aromatic N) is 2. The summed E-state index contributed by atoms with van der Waals surface area (Å²) in [5, 5.41) is 0. The summed E-state index contributed by atoms with van der Waals surface area (Å²) < 4.78 is 23.3. The second-order valence-electron chi connectivity index (χ2n) is 4.86. The second kappa shape index (κ2) is 5.20. The van der Waals surface area contributed by atoms with E-state index >= 15 is 0 Å². The molecule has 1 aliphatic rings. The largest absolute Gasteiger partial charge is 0.303 e. The molecule has 0 N–H and O–H groups in total. The third kappa shape index (κ3) is 3.17. The van der Waals surface area contributed by atoms with Crippen molar-refractivity contribution in [1.29, 1.82) is 0 Å². The smallest absolute Gasteiger partial charge is 0.154 e. The minimum Gasteiger partial charge on any atom is -0.303 e. The molecule has 0 amide bonds. The van der Waals surface area contributed by atoms with Gasteiger partial charge in [0.1, 0.15) is 0 Å². The van der Waals surface area contributed by atoms with Crippen LogP contribution >= 0.6 is 0 Å². The lowest BCUT2D eigenvalue weighted by molar-refractivity contribution is 0.297. The Balaban J connectivity index is 2.15. The Labute approximate surface area is 108 Å². The monoisotopic (exact) mass is 266 g/mol. The van der Waals surface area contributed by atoms with E-state index in [4.69, 9.17) is 0 Å². The Hall–Kier alpha value is -1.20. The first-order valence-corrected chi connectivity index (χ1v) is 7.75. The van der Waals surface area contributed by atoms with E-state index in [2.05, 4.69) is 4.99 Å². The molecule has 1 saturated heterocycles. The minimum atomic E-state index is -2.95. The summed E-state index contributed by atoms with van der Waals surface area (Å²) >= 11 is 0. The van der Waals surface area contributed by atoms with Crippen molar-refractivity contribution in [3.8, 4) is 0 Å². The van der Waals surface area contributed by atoms with E-state index in [0.29, 0.717) is 0 Å². The van der Waals surface area contributed by atoms with Crippen LogP contribution in [0.3, 0.4) is 0 Å². The topological polar surface area (TPSA) is 49.7 Å². The molecule has 0 aliphatic carbocycles. The van der Waals surface area contributed by atoms with Crippen LogP contribution in [0.4, 0.5) is 0 Å². The van der Waals surface area contributed by atoms with Crippen molar-refractivity contribution >= 4 is 16.1 Å². The van der Waals surface area contributed by atoms with Crippen molar-refractivity contribution in [2.24, 2.45) is 4.99 Å². The maximum Gasteiger partial charge on any atom is 0.154 e. The summed E-state index contributed by atoms with van der Waals surface area (Å²) in [4.78, 5) is 6.39. The van der Waals surface area contributed by atoms with Crippen LogP contribution in [0.15, 0.2) is 35.3 Å². The number of sulfone groups is 1. The van der Waals surface area contributed by atoms with Gasteiger partial charge in [-0.15, -0.1) is 0 Å². The fourth-order valence-electron chi connectivity index (χ4n) is 2.17. The summed E-state index contributed by atoms with van der Waals surface area (Å²) in [6, 6.07) is 9.56. The minimum absolute atomic E-state index is 0.0186. The molecule has 18 heavy (non-hydrogen) atoms. The van der Waals surface area contributed by atoms with Crippen LogP contribution in [0.25, 0.3) is 0 Å². The normalized spacial score (nSPS) is 27.1. The average molecular weight is 266 g/mol. The molecule has 4 nitrogen and oxygen atoms in total. The van der Waals surface area contributed by atoms with Gasteiger partial charge in [0, 0.05) is 12.3 Å². The van der Waals surface area contributed by atoms with Crippen LogP contribution in [0, 0.1) is 0 Å². The molecule has 0 bridgehead atoms. The van der Waals surface area contributed by atoms with Crippen LogP contribution in [0.1, 0.15) is 5.56 Å². The molecule has 5 heteroatoms. The van der Waals surface area contributed by atoms with E-state index < -0.39 is 9.84 Å². The Morgan fingerprint density at radius 1 is 1.22 bits per heavy atom. The van der Waals surface area contributed by atoms with Gasteiger partial charge in [-0.2, -0.15) is 0 Å². The van der Waals surface area contributed by atoms with Crippen LogP contribution < -0.4 is 0 Å². The molecule has 1 aromatic carbocycles. The van der Waals surface area contributed by atoms with Crippen molar-refractivity contribution in [1.82, 2.24) is 4.90 Å². The number of benzene rings is 1. The molecular weight excluding hydrogens is 248 g/mol. The van der Waals surface area contributed by atoms with Gasteiger partial charge < -0.3 is 4.90 Å². The third-order valence-electron chi connectivity index (χ3n) is 3.17. The van der Waals surface area contributed by atoms with Crippen molar-refractivity contribution < 1.29 is 8.42 Å². The molecule has 0 spiro atoms. The van der Waals surface area contributed by atoms with Crippen LogP contribution in [0.5, 0.6) is 0 Å². The zero-order valence-corrected chi connectivity index (χ0v) is 11.5. The second-order valence-corrected chi connectivity index (χ2v) is 7.02. The number of hydrogen-bond donors (Lipinski definition) is 0. The molecule has 1 heterocycles. The van der Waals surface area contributed by atoms with Gasteiger partial charge in [-0.05, 0) is 19.7 Å². The fourth-order valence-corrected chi connectivity index (χ4v) is 4.17. The van der Waals surface area contributed by atoms with E-state index in [0.717, 1.165) is 5.56 Å². The highest BCUT2D eigenvalue weighted by Gasteiger charge is 2.38. The zero-order valence-electron chi connectivity index (χ0n) is 10.7. The zero-order chi connectivity index (χ0) is 13.2. The standard InChI is InChI=1S/C13H18N2O2S/c1-15(2)13-10-18(16,17)9-12(13)14-8-11-6-4-3-5-7-11/h3-8,12-13H,9-10H2,1-2H3/t12-,13+/m0/s1. The molecule has 98 valence electrons. The third-order valence-corrected chi connectivity index (χ3v) is 4.87. The van der Waals surface area contributed by atoms with Crippen molar-refractivity contribution in [2.45, 2.75) is 12.1 Å². The first-order chi connectivity index (χ1) is 8.48. The first kappa shape index (κ1) is 13.2. The van der Waals surface area contributed by atoms with Gasteiger partial charge in [0.05, 0.1) is 17.5 Å². The van der Waals surface area contributed by atoms with E-state index in [1.807, 2.05) is 49.3 Å².